The van der Waals surface area contributed by atoms with Gasteiger partial charge in [0.25, 0.3) is 0 Å². The fourth-order valence-electron chi connectivity index (χ4n) is 2.15. The summed E-state index contributed by atoms with van der Waals surface area (Å²) in [6.07, 6.45) is 11.7. The third kappa shape index (κ3) is 4.78. The molecule has 0 rings (SSSR count). The zero-order valence-corrected chi connectivity index (χ0v) is 10.2. The van der Waals surface area contributed by atoms with Gasteiger partial charge >= 0.3 is 0 Å². The number of nitrogens with one attached hydrogen (secondary N) is 1. The summed E-state index contributed by atoms with van der Waals surface area (Å²) in [4.78, 5) is 0. The van der Waals surface area contributed by atoms with Crippen LogP contribution in [-0.4, -0.2) is 6.21 Å². The molecule has 0 aromatic heterocycles. The highest BCUT2D eigenvalue weighted by Crippen LogP contribution is 2.33. The maximum absolute atomic E-state index is 7.64. The van der Waals surface area contributed by atoms with Crippen molar-refractivity contribution < 1.29 is 0 Å². The van der Waals surface area contributed by atoms with Crippen LogP contribution >= 0.6 is 0 Å². The lowest BCUT2D eigenvalue weighted by molar-refractivity contribution is 0.313. The molecule has 1 N–H and O–H groups in total. The Hall–Kier alpha value is -0.330. The molecule has 1 heteroatoms. The van der Waals surface area contributed by atoms with E-state index in [9.17, 15) is 0 Å². The van der Waals surface area contributed by atoms with Crippen molar-refractivity contribution >= 4 is 6.21 Å². The molecule has 0 atom stereocenters. The lowest BCUT2D eigenvalue weighted by Crippen LogP contribution is -2.22. The van der Waals surface area contributed by atoms with Crippen LogP contribution < -0.4 is 0 Å². The molecular formula is C13H27N. The normalized spacial score (nSPS) is 11.6. The highest BCUT2D eigenvalue weighted by Gasteiger charge is 2.24. The maximum atomic E-state index is 7.64. The van der Waals surface area contributed by atoms with Gasteiger partial charge in [0.1, 0.15) is 0 Å². The summed E-state index contributed by atoms with van der Waals surface area (Å²) >= 11 is 0. The van der Waals surface area contributed by atoms with Gasteiger partial charge in [-0.15, -0.1) is 0 Å². The van der Waals surface area contributed by atoms with Crippen molar-refractivity contribution in [3.05, 3.63) is 0 Å². The van der Waals surface area contributed by atoms with E-state index in [0.29, 0.717) is 0 Å². The van der Waals surface area contributed by atoms with Gasteiger partial charge < -0.3 is 5.41 Å². The Kier molecular flexibility index (Phi) is 7.83. The van der Waals surface area contributed by atoms with Crippen molar-refractivity contribution in [2.24, 2.45) is 5.41 Å². The number of hydrogen-bond acceptors (Lipinski definition) is 1. The zero-order valence-electron chi connectivity index (χ0n) is 10.2. The molecule has 0 bridgehead atoms. The summed E-state index contributed by atoms with van der Waals surface area (Å²) in [5, 5.41) is 7.64. The molecule has 14 heavy (non-hydrogen) atoms. The minimum atomic E-state index is 0.237. The Balaban J connectivity index is 4.18. The molecule has 0 fully saturated rings. The first kappa shape index (κ1) is 13.7. The summed E-state index contributed by atoms with van der Waals surface area (Å²) < 4.78 is 0. The van der Waals surface area contributed by atoms with E-state index in [1.165, 1.54) is 51.4 Å². The molecule has 84 valence electrons. The van der Waals surface area contributed by atoms with Crippen molar-refractivity contribution in [2.75, 3.05) is 0 Å². The third-order valence-corrected chi connectivity index (χ3v) is 3.11. The summed E-state index contributed by atoms with van der Waals surface area (Å²) in [7, 11) is 0. The predicted octanol–water partition coefficient (Wildman–Crippen LogP) is 4.80. The van der Waals surface area contributed by atoms with Crippen LogP contribution in [0, 0.1) is 10.8 Å². The van der Waals surface area contributed by atoms with E-state index in [-0.39, 0.29) is 5.41 Å². The molecule has 0 aliphatic rings. The molecule has 0 saturated heterocycles. The van der Waals surface area contributed by atoms with Crippen LogP contribution in [0.3, 0.4) is 0 Å². The molecule has 0 aliphatic heterocycles. The summed E-state index contributed by atoms with van der Waals surface area (Å²) in [5.41, 5.74) is 0.237. The Morgan fingerprint density at radius 1 is 0.857 bits per heavy atom. The largest absolute Gasteiger partial charge is 0.313 e. The molecular weight excluding hydrogens is 170 g/mol. The quantitative estimate of drug-likeness (QED) is 0.513. The van der Waals surface area contributed by atoms with Gasteiger partial charge in [-0.3, -0.25) is 0 Å². The van der Waals surface area contributed by atoms with E-state index in [1.54, 1.807) is 6.21 Å². The molecule has 0 amide bonds. The van der Waals surface area contributed by atoms with Crippen LogP contribution in [0.5, 0.6) is 0 Å². The molecule has 0 radical (unpaired) electrons. The lowest BCUT2D eigenvalue weighted by atomic mass is 9.76. The van der Waals surface area contributed by atoms with E-state index >= 15 is 0 Å². The first-order valence-electron chi connectivity index (χ1n) is 6.26. The fraction of sp³-hybridized carbons (Fsp3) is 0.923. The SMILES string of the molecule is CCCCC(C=N)(CCC)CCCC. The van der Waals surface area contributed by atoms with Crippen molar-refractivity contribution in [2.45, 2.75) is 72.1 Å². The van der Waals surface area contributed by atoms with E-state index in [4.69, 9.17) is 5.41 Å². The third-order valence-electron chi connectivity index (χ3n) is 3.11. The van der Waals surface area contributed by atoms with Crippen LogP contribution in [0.15, 0.2) is 0 Å². The van der Waals surface area contributed by atoms with Gasteiger partial charge in [-0.1, -0.05) is 52.9 Å². The van der Waals surface area contributed by atoms with Crippen LogP contribution in [0.1, 0.15) is 72.1 Å². The number of unbranched alkanes of at least 4 members (excludes halogenated alkanes) is 2. The highest BCUT2D eigenvalue weighted by atomic mass is 14.4. The van der Waals surface area contributed by atoms with E-state index in [1.807, 2.05) is 0 Å². The first-order valence-corrected chi connectivity index (χ1v) is 6.26. The van der Waals surface area contributed by atoms with Gasteiger partial charge in [0.05, 0.1) is 0 Å². The molecule has 0 heterocycles. The molecule has 0 unspecified atom stereocenters. The number of hydrogen-bond donors (Lipinski definition) is 1. The van der Waals surface area contributed by atoms with E-state index in [0.717, 1.165) is 0 Å². The Labute approximate surface area is 89.8 Å². The molecule has 1 nitrogen and oxygen atoms in total. The van der Waals surface area contributed by atoms with E-state index in [2.05, 4.69) is 20.8 Å². The van der Waals surface area contributed by atoms with Gasteiger partial charge in [-0.25, -0.2) is 0 Å². The van der Waals surface area contributed by atoms with Crippen molar-refractivity contribution in [1.82, 2.24) is 0 Å². The smallest absolute Gasteiger partial charge is 0.00495 e. The topological polar surface area (TPSA) is 23.9 Å². The Bertz CT molecular complexity index is 132. The highest BCUT2D eigenvalue weighted by molar-refractivity contribution is 5.62. The maximum Gasteiger partial charge on any atom is 0.00495 e. The Morgan fingerprint density at radius 3 is 1.64 bits per heavy atom. The molecule has 0 saturated carbocycles. The first-order chi connectivity index (χ1) is 6.74. The van der Waals surface area contributed by atoms with Gasteiger partial charge in [0.2, 0.25) is 0 Å². The minimum Gasteiger partial charge on any atom is -0.313 e. The summed E-state index contributed by atoms with van der Waals surface area (Å²) in [5.74, 6) is 0. The van der Waals surface area contributed by atoms with Gasteiger partial charge in [-0.05, 0) is 19.3 Å². The van der Waals surface area contributed by atoms with Gasteiger partial charge in [0, 0.05) is 11.6 Å². The minimum absolute atomic E-state index is 0.237. The van der Waals surface area contributed by atoms with Gasteiger partial charge in [0.15, 0.2) is 0 Å². The van der Waals surface area contributed by atoms with Crippen molar-refractivity contribution in [3.63, 3.8) is 0 Å². The zero-order chi connectivity index (χ0) is 10.9. The van der Waals surface area contributed by atoms with E-state index < -0.39 is 0 Å². The lowest BCUT2D eigenvalue weighted by Gasteiger charge is -2.29. The average molecular weight is 197 g/mol. The van der Waals surface area contributed by atoms with Crippen LogP contribution in [-0.2, 0) is 0 Å². The second-order valence-corrected chi connectivity index (χ2v) is 4.46. The van der Waals surface area contributed by atoms with Crippen LogP contribution in [0.4, 0.5) is 0 Å². The van der Waals surface area contributed by atoms with Crippen LogP contribution in [0.25, 0.3) is 0 Å². The van der Waals surface area contributed by atoms with Crippen molar-refractivity contribution in [3.8, 4) is 0 Å². The monoisotopic (exact) mass is 197 g/mol. The van der Waals surface area contributed by atoms with Gasteiger partial charge in [-0.2, -0.15) is 0 Å². The average Bonchev–Trinajstić information content (AvgIpc) is 2.22. The second-order valence-electron chi connectivity index (χ2n) is 4.46. The standard InChI is InChI=1S/C13H27N/c1-4-7-10-13(12-14,9-6-3)11-8-5-2/h12,14H,4-11H2,1-3H3. The molecule has 0 aromatic rings. The number of rotatable bonds is 9. The predicted molar refractivity (Wildman–Crippen MR) is 65.2 cm³/mol. The van der Waals surface area contributed by atoms with Crippen LogP contribution in [0.2, 0.25) is 0 Å². The van der Waals surface area contributed by atoms with Crippen molar-refractivity contribution in [1.29, 1.82) is 5.41 Å². The molecule has 0 aromatic carbocycles. The second kappa shape index (κ2) is 8.02. The Morgan fingerprint density at radius 2 is 1.36 bits per heavy atom. The fourth-order valence-corrected chi connectivity index (χ4v) is 2.15. The summed E-state index contributed by atoms with van der Waals surface area (Å²) in [6, 6.07) is 0. The summed E-state index contributed by atoms with van der Waals surface area (Å²) in [6.45, 7) is 6.71. The molecule has 0 aliphatic carbocycles. The molecule has 0 spiro atoms.